The summed E-state index contributed by atoms with van der Waals surface area (Å²) < 4.78 is 0. The number of hydrogen-bond acceptors (Lipinski definition) is 2. The predicted octanol–water partition coefficient (Wildman–Crippen LogP) is 10.7. The molecule has 0 unspecified atom stereocenters. The van der Waals surface area contributed by atoms with E-state index >= 15 is 0 Å². The van der Waals surface area contributed by atoms with Crippen molar-refractivity contribution in [3.63, 3.8) is 0 Å². The zero-order valence-electron chi connectivity index (χ0n) is 27.2. The van der Waals surface area contributed by atoms with Crippen LogP contribution in [0.5, 0.6) is 0 Å². The van der Waals surface area contributed by atoms with Crippen LogP contribution in [0.3, 0.4) is 0 Å². The van der Waals surface area contributed by atoms with Crippen molar-refractivity contribution in [2.24, 2.45) is 4.99 Å². The molecule has 41 heavy (non-hydrogen) atoms. The van der Waals surface area contributed by atoms with E-state index in [2.05, 4.69) is 155 Å². The molecule has 0 atom stereocenters. The quantitative estimate of drug-likeness (QED) is 0.124. The number of aliphatic imine (C=N–C) groups is 1. The first kappa shape index (κ1) is 61.2. The molecule has 4 aromatic carbocycles. The molecular formula is C35H53La2N2Y2-3. The number of benzene rings is 4. The molecule has 2 nitrogen and oxygen atoms in total. The average Bonchev–Trinajstić information content (AvgIpc) is 2.94. The second-order valence-electron chi connectivity index (χ2n) is 7.44. The molecule has 0 amide bonds. The van der Waals surface area contributed by atoms with Gasteiger partial charge in [0, 0.05) is 144 Å². The van der Waals surface area contributed by atoms with Gasteiger partial charge < -0.3 is 31.4 Å². The minimum Gasteiger partial charge on any atom is -0.570 e. The first-order chi connectivity index (χ1) is 17.1. The summed E-state index contributed by atoms with van der Waals surface area (Å²) in [4.78, 5) is 3.25. The van der Waals surface area contributed by atoms with Crippen LogP contribution in [0.25, 0.3) is 21.5 Å². The Morgan fingerprint density at radius 1 is 0.561 bits per heavy atom. The average molecular weight is 957 g/mol. The first-order valence-electron chi connectivity index (χ1n) is 12.5. The maximum atomic E-state index is 3.25. The van der Waals surface area contributed by atoms with Gasteiger partial charge in [0.2, 0.25) is 0 Å². The van der Waals surface area contributed by atoms with Gasteiger partial charge in [0.05, 0.1) is 0 Å². The van der Waals surface area contributed by atoms with E-state index < -0.39 is 0 Å². The van der Waals surface area contributed by atoms with Crippen LogP contribution in [-0.4, -0.2) is 20.8 Å². The van der Waals surface area contributed by atoms with Crippen molar-refractivity contribution in [1.29, 1.82) is 0 Å². The van der Waals surface area contributed by atoms with E-state index in [0.29, 0.717) is 0 Å². The van der Waals surface area contributed by atoms with Gasteiger partial charge in [0.15, 0.2) is 0 Å². The van der Waals surface area contributed by atoms with Crippen LogP contribution < -0.4 is 5.32 Å². The van der Waals surface area contributed by atoms with Crippen molar-refractivity contribution in [3.8, 4) is 0 Å². The van der Waals surface area contributed by atoms with E-state index in [1.165, 1.54) is 47.2 Å². The van der Waals surface area contributed by atoms with E-state index in [1.807, 2.05) is 0 Å². The van der Waals surface area contributed by atoms with Gasteiger partial charge >= 0.3 is 0 Å². The Bertz CT molecular complexity index is 805. The molecule has 0 aliphatic heterocycles. The molecule has 0 fully saturated rings. The standard InChI is InChI=1S/2C10H8.2C4H10.C3H6N.C2H5N.2CH3.2La.2Y/c2*1-2-6-10-8-4-3-7-9(10)5-1;3*1-3-4-2;1-3-2;;;;;;/h2*1-8H;2*3-4H2,1-2H3;4H,1H2,2H3;1H2,2H3;2*1H3;;;;/q;;;;-1;;2*-1;;;;. The van der Waals surface area contributed by atoms with Crippen molar-refractivity contribution in [1.82, 2.24) is 5.32 Å². The van der Waals surface area contributed by atoms with Gasteiger partial charge in [-0.25, -0.2) is 0 Å². The third kappa shape index (κ3) is 39.2. The van der Waals surface area contributed by atoms with Crippen LogP contribution in [-0.2, 0) is 65.4 Å². The normalized spacial score (nSPS) is 7.17. The fraction of sp³-hybridized carbons (Fsp3) is 0.286. The monoisotopic (exact) mass is 957 g/mol. The van der Waals surface area contributed by atoms with Crippen molar-refractivity contribution in [2.45, 2.75) is 53.4 Å². The summed E-state index contributed by atoms with van der Waals surface area (Å²) >= 11 is 0. The number of hydrogen-bond donors (Lipinski definition) is 1. The van der Waals surface area contributed by atoms with Crippen molar-refractivity contribution in [3.05, 3.63) is 125 Å². The molecule has 4 rings (SSSR count). The molecule has 0 bridgehead atoms. The van der Waals surface area contributed by atoms with Crippen LogP contribution in [0.2, 0.25) is 0 Å². The molecule has 0 heterocycles. The maximum absolute atomic E-state index is 3.25. The van der Waals surface area contributed by atoms with Gasteiger partial charge in [-0.1, -0.05) is 150 Å². The number of nitrogens with zero attached hydrogens (tertiary/aromatic N) is 1. The molecule has 0 aromatic heterocycles. The molecule has 0 aliphatic rings. The third-order valence-electron chi connectivity index (χ3n) is 4.49. The third-order valence-corrected chi connectivity index (χ3v) is 4.49. The van der Waals surface area contributed by atoms with E-state index in [-0.39, 0.29) is 151 Å². The summed E-state index contributed by atoms with van der Waals surface area (Å²) in [6.45, 7) is 15.1. The Morgan fingerprint density at radius 3 is 0.756 bits per heavy atom. The van der Waals surface area contributed by atoms with Crippen LogP contribution >= 0.6 is 0 Å². The summed E-state index contributed by atoms with van der Waals surface area (Å²) in [5.41, 5.74) is 0. The van der Waals surface area contributed by atoms with Crippen molar-refractivity contribution < 1.29 is 137 Å². The Balaban J connectivity index is -0.0000000553. The molecule has 0 saturated heterocycles. The second-order valence-corrected chi connectivity index (χ2v) is 7.44. The minimum absolute atomic E-state index is 0. The van der Waals surface area contributed by atoms with Gasteiger partial charge in [0.25, 0.3) is 0 Å². The van der Waals surface area contributed by atoms with Gasteiger partial charge in [-0.05, 0) is 35.3 Å². The number of unbranched alkanes of at least 4 members (excludes halogenated alkanes) is 2. The van der Waals surface area contributed by atoms with Crippen LogP contribution in [0, 0.1) is 92.3 Å². The maximum Gasteiger partial charge on any atom is 0.0269 e. The molecule has 218 valence electrons. The molecule has 6 heteroatoms. The molecule has 0 spiro atoms. The van der Waals surface area contributed by atoms with E-state index in [1.54, 1.807) is 14.1 Å². The summed E-state index contributed by atoms with van der Waals surface area (Å²) in [5, 5.41) is 7.81. The zero-order valence-corrected chi connectivity index (χ0v) is 40.2. The van der Waals surface area contributed by atoms with Crippen LogP contribution in [0.4, 0.5) is 0 Å². The predicted molar refractivity (Wildman–Crippen MR) is 175 cm³/mol. The summed E-state index contributed by atoms with van der Waals surface area (Å²) in [6.07, 6.45) is 7.71. The molecular weight excluding hydrogens is 904 g/mol. The molecule has 0 saturated carbocycles. The smallest absolute Gasteiger partial charge is 0.0269 e. The Hall–Kier alpha value is 1.21. The summed E-state index contributed by atoms with van der Waals surface area (Å²) in [5.74, 6) is 0. The molecule has 4 radical (unpaired) electrons. The van der Waals surface area contributed by atoms with Gasteiger partial charge in [-0.3, -0.25) is 6.58 Å². The van der Waals surface area contributed by atoms with E-state index in [9.17, 15) is 0 Å². The van der Waals surface area contributed by atoms with Crippen LogP contribution in [0.1, 0.15) is 53.4 Å². The Kier molecular flexibility index (Phi) is 75.9. The molecule has 1 N–H and O–H groups in total. The zero-order chi connectivity index (χ0) is 26.6. The second kappa shape index (κ2) is 50.8. The minimum atomic E-state index is 0. The fourth-order valence-electron chi connectivity index (χ4n) is 2.27. The van der Waals surface area contributed by atoms with Crippen molar-refractivity contribution in [2.75, 3.05) is 14.1 Å². The fourth-order valence-corrected chi connectivity index (χ4v) is 2.27. The summed E-state index contributed by atoms with van der Waals surface area (Å²) in [7, 11) is 3.40. The van der Waals surface area contributed by atoms with Gasteiger partial charge in [0.1, 0.15) is 0 Å². The van der Waals surface area contributed by atoms with Crippen LogP contribution in [0.15, 0.2) is 109 Å². The number of fused-ring (bicyclic) bond motifs is 2. The largest absolute Gasteiger partial charge is 0.570 e. The van der Waals surface area contributed by atoms with Crippen molar-refractivity contribution >= 4 is 28.3 Å². The summed E-state index contributed by atoms with van der Waals surface area (Å²) in [6, 6.07) is 33.4. The van der Waals surface area contributed by atoms with Gasteiger partial charge in [-0.2, -0.15) is 0 Å². The van der Waals surface area contributed by atoms with E-state index in [0.717, 1.165) is 0 Å². The number of rotatable bonds is 3. The SMILES string of the molecule is C=NC.C=[C-]NC.CCCC.CCCC.[CH3-].[CH3-].[La].[La].[Y].[Y].c1ccc2ccccc2c1.c1ccc2ccccc2c1. The number of nitrogens with one attached hydrogen (secondary N) is 1. The molecule has 0 aliphatic carbocycles. The molecule has 4 aromatic rings. The van der Waals surface area contributed by atoms with Gasteiger partial charge in [-0.15, -0.1) is 0 Å². The first-order valence-corrected chi connectivity index (χ1v) is 12.5. The Morgan fingerprint density at radius 2 is 0.683 bits per heavy atom. The topological polar surface area (TPSA) is 24.4 Å². The van der Waals surface area contributed by atoms with E-state index in [4.69, 9.17) is 0 Å². The Labute approximate surface area is 361 Å².